The Morgan fingerprint density at radius 3 is 2.65 bits per heavy atom. The van der Waals surface area contributed by atoms with Crippen molar-refractivity contribution in [3.8, 4) is 0 Å². The molecule has 7 atom stereocenters. The van der Waals surface area contributed by atoms with Crippen LogP contribution in [-0.4, -0.2) is 17.0 Å². The molecule has 0 saturated heterocycles. The summed E-state index contributed by atoms with van der Waals surface area (Å²) >= 11 is 0. The van der Waals surface area contributed by atoms with E-state index in [0.717, 1.165) is 55.8 Å². The Bertz CT molecular complexity index is 418. The average Bonchev–Trinajstić information content (AvgIpc) is 2.74. The van der Waals surface area contributed by atoms with Crippen molar-refractivity contribution in [2.24, 2.45) is 35.0 Å². The number of fused-ring (bicyclic) bond motifs is 5. The van der Waals surface area contributed by atoms with Gasteiger partial charge in [0.05, 0.1) is 6.10 Å². The molecule has 4 aliphatic rings. The molecule has 1 N–H and O–H groups in total. The van der Waals surface area contributed by atoms with E-state index in [1.54, 1.807) is 0 Å². The van der Waals surface area contributed by atoms with Gasteiger partial charge >= 0.3 is 0 Å². The van der Waals surface area contributed by atoms with Crippen LogP contribution < -0.4 is 0 Å². The second kappa shape index (κ2) is 4.56. The van der Waals surface area contributed by atoms with E-state index >= 15 is 0 Å². The molecule has 4 rings (SSSR count). The van der Waals surface area contributed by atoms with Crippen molar-refractivity contribution < 1.29 is 9.90 Å². The number of ketones is 1. The maximum Gasteiger partial charge on any atom is 0.139 e. The van der Waals surface area contributed by atoms with E-state index in [4.69, 9.17) is 0 Å². The van der Waals surface area contributed by atoms with Gasteiger partial charge in [0, 0.05) is 11.8 Å². The van der Waals surface area contributed by atoms with E-state index in [2.05, 4.69) is 6.92 Å². The fraction of sp³-hybridized carbons (Fsp3) is 0.944. The molecule has 0 aliphatic heterocycles. The molecular formula is C18H28O2. The number of carbonyl (C=O) groups is 1. The first-order chi connectivity index (χ1) is 9.59. The van der Waals surface area contributed by atoms with Gasteiger partial charge in [0.1, 0.15) is 5.78 Å². The molecule has 0 amide bonds. The van der Waals surface area contributed by atoms with Crippen molar-refractivity contribution in [1.29, 1.82) is 0 Å². The van der Waals surface area contributed by atoms with E-state index < -0.39 is 0 Å². The lowest BCUT2D eigenvalue weighted by Gasteiger charge is -2.54. The monoisotopic (exact) mass is 276 g/mol. The molecule has 4 aliphatic carbocycles. The largest absolute Gasteiger partial charge is 0.393 e. The Balaban J connectivity index is 1.58. The first-order valence-electron chi connectivity index (χ1n) is 8.81. The number of Topliss-reactive ketones (excluding diaryl/α,β-unsaturated/α-hetero) is 1. The third kappa shape index (κ3) is 1.76. The highest BCUT2D eigenvalue weighted by molar-refractivity contribution is 5.87. The van der Waals surface area contributed by atoms with Gasteiger partial charge in [-0.05, 0) is 81.0 Å². The maximum absolute atomic E-state index is 12.3. The third-order valence-electron chi connectivity index (χ3n) is 7.64. The molecule has 0 aromatic heterocycles. The van der Waals surface area contributed by atoms with Gasteiger partial charge in [-0.3, -0.25) is 4.79 Å². The van der Waals surface area contributed by atoms with Gasteiger partial charge in [-0.15, -0.1) is 0 Å². The van der Waals surface area contributed by atoms with Crippen LogP contribution in [0.5, 0.6) is 0 Å². The summed E-state index contributed by atoms with van der Waals surface area (Å²) in [4.78, 5) is 12.3. The molecule has 0 radical (unpaired) electrons. The minimum Gasteiger partial charge on any atom is -0.393 e. The second-order valence-corrected chi connectivity index (χ2v) is 8.32. The van der Waals surface area contributed by atoms with Crippen molar-refractivity contribution in [2.75, 3.05) is 0 Å². The number of hydrogen-bond donors (Lipinski definition) is 1. The summed E-state index contributed by atoms with van der Waals surface area (Å²) < 4.78 is 0. The van der Waals surface area contributed by atoms with Gasteiger partial charge in [-0.1, -0.05) is 6.92 Å². The van der Waals surface area contributed by atoms with Crippen molar-refractivity contribution in [2.45, 2.75) is 70.8 Å². The minimum atomic E-state index is -0.0327. The van der Waals surface area contributed by atoms with E-state index in [1.165, 1.54) is 25.7 Å². The highest BCUT2D eigenvalue weighted by Crippen LogP contribution is 2.61. The predicted octanol–water partition coefficient (Wildman–Crippen LogP) is 3.57. The number of aliphatic hydroxyl groups excluding tert-OH is 1. The lowest BCUT2D eigenvalue weighted by Crippen LogP contribution is -2.49. The van der Waals surface area contributed by atoms with Gasteiger partial charge in [0.2, 0.25) is 0 Å². The van der Waals surface area contributed by atoms with Crippen LogP contribution in [0.3, 0.4) is 0 Å². The molecule has 1 unspecified atom stereocenters. The van der Waals surface area contributed by atoms with Crippen LogP contribution in [0.2, 0.25) is 0 Å². The predicted molar refractivity (Wildman–Crippen MR) is 78.1 cm³/mol. The number of carbonyl (C=O) groups excluding carboxylic acids is 1. The van der Waals surface area contributed by atoms with E-state index in [1.807, 2.05) is 0 Å². The van der Waals surface area contributed by atoms with Crippen LogP contribution >= 0.6 is 0 Å². The number of rotatable bonds is 0. The molecular weight excluding hydrogens is 248 g/mol. The molecule has 0 bridgehead atoms. The van der Waals surface area contributed by atoms with Crippen molar-refractivity contribution in [3.05, 3.63) is 0 Å². The number of hydrogen-bond acceptors (Lipinski definition) is 2. The fourth-order valence-electron chi connectivity index (χ4n) is 6.60. The summed E-state index contributed by atoms with van der Waals surface area (Å²) in [6.45, 7) is 2.26. The van der Waals surface area contributed by atoms with Crippen molar-refractivity contribution in [3.63, 3.8) is 0 Å². The van der Waals surface area contributed by atoms with Crippen LogP contribution in [0.4, 0.5) is 0 Å². The quantitative estimate of drug-likeness (QED) is 0.734. The third-order valence-corrected chi connectivity index (χ3v) is 7.64. The summed E-state index contributed by atoms with van der Waals surface area (Å²) in [5.74, 6) is 4.56. The summed E-state index contributed by atoms with van der Waals surface area (Å²) in [7, 11) is 0. The normalized spacial score (nSPS) is 55.0. The minimum absolute atomic E-state index is 0.0299. The lowest BCUT2D eigenvalue weighted by atomic mass is 9.50. The highest BCUT2D eigenvalue weighted by atomic mass is 16.3. The summed E-state index contributed by atoms with van der Waals surface area (Å²) in [5.41, 5.74) is 0.0299. The standard InChI is InChI=1S/C18H28O2/c1-18-9-8-14-13-5-3-12(19)10-11(13)2-4-15(14)16(18)6-7-17(18)20/h11-16,19H,2-10H2,1H3/t11-,12-,13?,14-,15-,16+,18+/m1/s1. The van der Waals surface area contributed by atoms with Gasteiger partial charge in [-0.2, -0.15) is 0 Å². The van der Waals surface area contributed by atoms with E-state index in [9.17, 15) is 9.90 Å². The smallest absolute Gasteiger partial charge is 0.139 e. The molecule has 20 heavy (non-hydrogen) atoms. The molecule has 2 heteroatoms. The highest BCUT2D eigenvalue weighted by Gasteiger charge is 2.56. The zero-order chi connectivity index (χ0) is 13.9. The van der Waals surface area contributed by atoms with Crippen LogP contribution in [0.15, 0.2) is 0 Å². The van der Waals surface area contributed by atoms with Gasteiger partial charge < -0.3 is 5.11 Å². The molecule has 0 spiro atoms. The summed E-state index contributed by atoms with van der Waals surface area (Å²) in [6, 6.07) is 0. The zero-order valence-corrected chi connectivity index (χ0v) is 12.7. The molecule has 0 heterocycles. The van der Waals surface area contributed by atoms with Crippen molar-refractivity contribution >= 4 is 5.78 Å². The van der Waals surface area contributed by atoms with Gasteiger partial charge in [0.15, 0.2) is 0 Å². The first kappa shape index (κ1) is 13.3. The molecule has 4 saturated carbocycles. The lowest BCUT2D eigenvalue weighted by molar-refractivity contribution is -0.133. The van der Waals surface area contributed by atoms with E-state index in [0.29, 0.717) is 11.7 Å². The van der Waals surface area contributed by atoms with Crippen LogP contribution in [0, 0.1) is 35.0 Å². The molecule has 2 nitrogen and oxygen atoms in total. The fourth-order valence-corrected chi connectivity index (χ4v) is 6.60. The van der Waals surface area contributed by atoms with Crippen LogP contribution in [-0.2, 0) is 4.79 Å². The van der Waals surface area contributed by atoms with Crippen molar-refractivity contribution in [1.82, 2.24) is 0 Å². The second-order valence-electron chi connectivity index (χ2n) is 8.32. The van der Waals surface area contributed by atoms with Gasteiger partial charge in [0.25, 0.3) is 0 Å². The molecule has 112 valence electrons. The summed E-state index contributed by atoms with van der Waals surface area (Å²) in [5, 5.41) is 9.93. The Hall–Kier alpha value is -0.370. The molecule has 0 aromatic carbocycles. The maximum atomic E-state index is 12.3. The van der Waals surface area contributed by atoms with Crippen LogP contribution in [0.1, 0.15) is 64.7 Å². The Morgan fingerprint density at radius 1 is 1.00 bits per heavy atom. The van der Waals surface area contributed by atoms with Gasteiger partial charge in [-0.25, -0.2) is 0 Å². The number of aliphatic hydroxyl groups is 1. The SMILES string of the molecule is C[C@]12CC[C@@H]3C4CC[C@@H](O)C[C@H]4CC[C@H]3[C@@H]1CCC2=O. The topological polar surface area (TPSA) is 37.3 Å². The average molecular weight is 276 g/mol. The molecule has 4 fully saturated rings. The van der Waals surface area contributed by atoms with E-state index in [-0.39, 0.29) is 11.5 Å². The Kier molecular flexibility index (Phi) is 3.03. The zero-order valence-electron chi connectivity index (χ0n) is 12.7. The summed E-state index contributed by atoms with van der Waals surface area (Å²) in [6.07, 6.45) is 10.3. The Morgan fingerprint density at radius 2 is 1.80 bits per heavy atom. The van der Waals surface area contributed by atoms with Crippen LogP contribution in [0.25, 0.3) is 0 Å². The molecule has 0 aromatic rings. The first-order valence-corrected chi connectivity index (χ1v) is 8.81. The Labute approximate surface area is 122 Å².